The van der Waals surface area contributed by atoms with Crippen molar-refractivity contribution in [1.82, 2.24) is 29.1 Å². The first kappa shape index (κ1) is 33.9. The van der Waals surface area contributed by atoms with Crippen LogP contribution < -0.4 is 0 Å². The lowest BCUT2D eigenvalue weighted by molar-refractivity contribution is 1.08. The summed E-state index contributed by atoms with van der Waals surface area (Å²) in [6.07, 6.45) is 0. The zero-order valence-electron chi connectivity index (χ0n) is 32.6. The third-order valence-corrected chi connectivity index (χ3v) is 13.1. The van der Waals surface area contributed by atoms with E-state index in [1.54, 1.807) is 11.3 Å². The quantitative estimate of drug-likeness (QED) is 0.174. The highest BCUT2D eigenvalue weighted by atomic mass is 32.1. The van der Waals surface area contributed by atoms with Crippen molar-refractivity contribution in [3.63, 3.8) is 0 Å². The van der Waals surface area contributed by atoms with Gasteiger partial charge in [-0.2, -0.15) is 0 Å². The fourth-order valence-corrected chi connectivity index (χ4v) is 10.3. The predicted octanol–water partition coefficient (Wildman–Crippen LogP) is 14.0. The number of aromatic nitrogens is 6. The standard InChI is InChI=1S/C54H32N6S/c1-3-15-33(16-4-1)52-55-43-23-11-7-21-39(43)54(58-52)60-45-25-13-9-20-38(45)42-32-35(28-30-47(42)60)53-56-49(51-50(57-53)40-22-10-14-26-48(40)61-51)34-27-29-46-41(31-34)37-19-8-12-24-44(37)59(46)36-17-5-2-6-18-36/h1-32H. The van der Waals surface area contributed by atoms with Crippen LogP contribution >= 0.6 is 11.3 Å². The van der Waals surface area contributed by atoms with Gasteiger partial charge in [0.2, 0.25) is 0 Å². The van der Waals surface area contributed by atoms with Crippen LogP contribution in [-0.2, 0) is 0 Å². The molecule has 0 radical (unpaired) electrons. The molecule has 0 saturated heterocycles. The fourth-order valence-electron chi connectivity index (χ4n) is 9.18. The summed E-state index contributed by atoms with van der Waals surface area (Å²) in [5, 5.41) is 6.75. The van der Waals surface area contributed by atoms with Crippen molar-refractivity contribution in [3.8, 4) is 45.5 Å². The largest absolute Gasteiger partial charge is 0.309 e. The second kappa shape index (κ2) is 13.3. The van der Waals surface area contributed by atoms with Gasteiger partial charge < -0.3 is 4.57 Å². The monoisotopic (exact) mass is 796 g/mol. The normalized spacial score (nSPS) is 11.9. The topological polar surface area (TPSA) is 61.4 Å². The number of hydrogen-bond donors (Lipinski definition) is 0. The van der Waals surface area contributed by atoms with Crippen LogP contribution in [0.5, 0.6) is 0 Å². The summed E-state index contributed by atoms with van der Waals surface area (Å²) in [6.45, 7) is 0. The van der Waals surface area contributed by atoms with Crippen LogP contribution in [0.25, 0.3) is 120 Å². The first-order chi connectivity index (χ1) is 30.2. The summed E-state index contributed by atoms with van der Waals surface area (Å²) in [5.74, 6) is 2.23. The minimum absolute atomic E-state index is 0.690. The molecule has 5 heterocycles. The summed E-state index contributed by atoms with van der Waals surface area (Å²) in [5.41, 5.74) is 11.4. The second-order valence-corrected chi connectivity index (χ2v) is 16.5. The molecule has 0 aliphatic heterocycles. The summed E-state index contributed by atoms with van der Waals surface area (Å²) in [6, 6.07) is 68.3. The third kappa shape index (κ3) is 5.21. The van der Waals surface area contributed by atoms with Gasteiger partial charge in [0.25, 0.3) is 0 Å². The van der Waals surface area contributed by atoms with Crippen molar-refractivity contribution in [2.45, 2.75) is 0 Å². The fraction of sp³-hybridized carbons (Fsp3) is 0. The molecule has 0 bridgehead atoms. The Labute approximate surface area is 353 Å². The minimum atomic E-state index is 0.690. The maximum absolute atomic E-state index is 5.49. The molecule has 13 aromatic rings. The Morgan fingerprint density at radius 3 is 1.69 bits per heavy atom. The maximum atomic E-state index is 5.49. The molecule has 8 aromatic carbocycles. The first-order valence-electron chi connectivity index (χ1n) is 20.4. The smallest absolute Gasteiger partial charge is 0.162 e. The molecular formula is C54H32N6S. The van der Waals surface area contributed by atoms with Crippen LogP contribution in [-0.4, -0.2) is 29.1 Å². The third-order valence-electron chi connectivity index (χ3n) is 11.9. The molecule has 0 spiro atoms. The van der Waals surface area contributed by atoms with Gasteiger partial charge in [-0.05, 0) is 72.8 Å². The van der Waals surface area contributed by atoms with Crippen molar-refractivity contribution >= 4 is 86.2 Å². The van der Waals surface area contributed by atoms with Crippen LogP contribution in [0, 0.1) is 0 Å². The molecule has 0 saturated carbocycles. The molecule has 7 heteroatoms. The van der Waals surface area contributed by atoms with Gasteiger partial charge in [0.1, 0.15) is 5.82 Å². The van der Waals surface area contributed by atoms with Crippen molar-refractivity contribution in [1.29, 1.82) is 0 Å². The van der Waals surface area contributed by atoms with Crippen LogP contribution in [0.15, 0.2) is 194 Å². The zero-order valence-corrected chi connectivity index (χ0v) is 33.4. The number of hydrogen-bond acceptors (Lipinski definition) is 5. The lowest BCUT2D eigenvalue weighted by Crippen LogP contribution is -2.02. The Bertz CT molecular complexity index is 3880. The molecule has 0 N–H and O–H groups in total. The van der Waals surface area contributed by atoms with Crippen molar-refractivity contribution in [3.05, 3.63) is 194 Å². The van der Waals surface area contributed by atoms with Gasteiger partial charge in [-0.1, -0.05) is 121 Å². The highest BCUT2D eigenvalue weighted by molar-refractivity contribution is 7.26. The van der Waals surface area contributed by atoms with Gasteiger partial charge >= 0.3 is 0 Å². The summed E-state index contributed by atoms with van der Waals surface area (Å²) in [4.78, 5) is 21.2. The van der Waals surface area contributed by atoms with Crippen LogP contribution in [0.3, 0.4) is 0 Å². The molecule has 0 aliphatic rings. The van der Waals surface area contributed by atoms with E-state index < -0.39 is 0 Å². The Kier molecular flexibility index (Phi) is 7.37. The van der Waals surface area contributed by atoms with Gasteiger partial charge in [0.05, 0.1) is 43.5 Å². The molecule has 0 atom stereocenters. The summed E-state index contributed by atoms with van der Waals surface area (Å²) < 4.78 is 6.91. The van der Waals surface area contributed by atoms with Gasteiger partial charge in [-0.25, -0.2) is 19.9 Å². The van der Waals surface area contributed by atoms with E-state index in [2.05, 4.69) is 179 Å². The number of thiophene rings is 1. The lowest BCUT2D eigenvalue weighted by Gasteiger charge is -2.13. The number of nitrogens with zero attached hydrogens (tertiary/aromatic N) is 6. The molecule has 5 aromatic heterocycles. The van der Waals surface area contributed by atoms with E-state index in [0.29, 0.717) is 11.6 Å². The number of para-hydroxylation sites is 4. The van der Waals surface area contributed by atoms with Crippen molar-refractivity contribution in [2.24, 2.45) is 0 Å². The molecule has 0 amide bonds. The molecule has 13 rings (SSSR count). The summed E-state index contributed by atoms with van der Waals surface area (Å²) >= 11 is 1.76. The number of fused-ring (bicyclic) bond motifs is 10. The van der Waals surface area contributed by atoms with Crippen LogP contribution in [0.2, 0.25) is 0 Å². The summed E-state index contributed by atoms with van der Waals surface area (Å²) in [7, 11) is 0. The maximum Gasteiger partial charge on any atom is 0.162 e. The van der Waals surface area contributed by atoms with Gasteiger partial charge in [0.15, 0.2) is 11.6 Å². The molecule has 0 unspecified atom stereocenters. The van der Waals surface area contributed by atoms with E-state index in [0.717, 1.165) is 87.7 Å². The SMILES string of the molecule is c1ccc(-c2nc(-n3c4ccccc4c4cc(-c5nc(-c6ccc7c(c6)c6ccccc6n7-c6ccccc6)c6sc7ccccc7c6n5)ccc43)c3ccccc3n2)cc1. The van der Waals surface area contributed by atoms with E-state index in [4.69, 9.17) is 19.9 Å². The van der Waals surface area contributed by atoms with E-state index in [1.165, 1.54) is 21.0 Å². The number of benzene rings is 8. The molecule has 0 fully saturated rings. The minimum Gasteiger partial charge on any atom is -0.309 e. The predicted molar refractivity (Wildman–Crippen MR) is 253 cm³/mol. The Balaban J connectivity index is 1.04. The Morgan fingerprint density at radius 2 is 0.918 bits per heavy atom. The average molecular weight is 797 g/mol. The molecule has 61 heavy (non-hydrogen) atoms. The lowest BCUT2D eigenvalue weighted by atomic mass is 10.0. The van der Waals surface area contributed by atoms with Gasteiger partial charge in [-0.15, -0.1) is 11.3 Å². The Morgan fingerprint density at radius 1 is 0.361 bits per heavy atom. The van der Waals surface area contributed by atoms with E-state index in [9.17, 15) is 0 Å². The zero-order chi connectivity index (χ0) is 40.0. The average Bonchev–Trinajstić information content (AvgIpc) is 3.99. The molecular weight excluding hydrogens is 765 g/mol. The van der Waals surface area contributed by atoms with E-state index >= 15 is 0 Å². The van der Waals surface area contributed by atoms with Crippen LogP contribution in [0.4, 0.5) is 0 Å². The van der Waals surface area contributed by atoms with Gasteiger partial charge in [-0.3, -0.25) is 4.57 Å². The molecule has 0 aliphatic carbocycles. The van der Waals surface area contributed by atoms with Crippen molar-refractivity contribution in [2.75, 3.05) is 0 Å². The second-order valence-electron chi connectivity index (χ2n) is 15.4. The van der Waals surface area contributed by atoms with Crippen molar-refractivity contribution < 1.29 is 0 Å². The van der Waals surface area contributed by atoms with Gasteiger partial charge in [0, 0.05) is 59.4 Å². The molecule has 6 nitrogen and oxygen atoms in total. The first-order valence-corrected chi connectivity index (χ1v) is 21.2. The van der Waals surface area contributed by atoms with Crippen LogP contribution in [0.1, 0.15) is 0 Å². The van der Waals surface area contributed by atoms with E-state index in [-0.39, 0.29) is 0 Å². The van der Waals surface area contributed by atoms with E-state index in [1.807, 2.05) is 24.3 Å². The highest BCUT2D eigenvalue weighted by Crippen LogP contribution is 2.43. The number of rotatable bonds is 5. The highest BCUT2D eigenvalue weighted by Gasteiger charge is 2.22. The Hall–Kier alpha value is -8.00. The molecule has 284 valence electrons.